The van der Waals surface area contributed by atoms with Crippen LogP contribution in [0.1, 0.15) is 5.56 Å². The zero-order valence-electron chi connectivity index (χ0n) is 9.13. The van der Waals surface area contributed by atoms with Crippen molar-refractivity contribution in [3.05, 3.63) is 41.0 Å². The van der Waals surface area contributed by atoms with E-state index in [4.69, 9.17) is 11.6 Å². The maximum absolute atomic E-state index is 5.97. The van der Waals surface area contributed by atoms with E-state index in [1.807, 2.05) is 37.5 Å². The fraction of sp³-hybridized carbons (Fsp3) is 0.250. The highest BCUT2D eigenvalue weighted by Gasteiger charge is 2.07. The number of likely N-dealkylation sites (N-methyl/N-ethyl adjacent to an activating group) is 1. The molecule has 0 unspecified atom stereocenters. The van der Waals surface area contributed by atoms with E-state index >= 15 is 0 Å². The average molecular weight is 236 g/mol. The number of benzene rings is 1. The van der Waals surface area contributed by atoms with Crippen molar-refractivity contribution in [2.45, 2.75) is 6.42 Å². The molecule has 2 aromatic rings. The highest BCUT2D eigenvalue weighted by molar-refractivity contribution is 6.30. The van der Waals surface area contributed by atoms with Gasteiger partial charge in [0.1, 0.15) is 0 Å². The lowest BCUT2D eigenvalue weighted by atomic mass is 10.1. The number of H-pyrrole nitrogens is 1. The monoisotopic (exact) mass is 235 g/mol. The standard InChI is InChI=1S/C12H14ClN3/c1-14-6-5-10-8-15-16-12(10)9-3-2-4-11(13)7-9/h2-4,7-8,14H,5-6H2,1H3,(H,15,16). The summed E-state index contributed by atoms with van der Waals surface area (Å²) in [5.74, 6) is 0. The summed E-state index contributed by atoms with van der Waals surface area (Å²) in [6.07, 6.45) is 2.82. The Morgan fingerprint density at radius 2 is 2.31 bits per heavy atom. The van der Waals surface area contributed by atoms with Crippen molar-refractivity contribution < 1.29 is 0 Å². The van der Waals surface area contributed by atoms with Crippen molar-refractivity contribution in [1.29, 1.82) is 0 Å². The van der Waals surface area contributed by atoms with Gasteiger partial charge in [-0.25, -0.2) is 0 Å². The third kappa shape index (κ3) is 2.43. The van der Waals surface area contributed by atoms with Gasteiger partial charge in [-0.2, -0.15) is 5.10 Å². The van der Waals surface area contributed by atoms with E-state index in [9.17, 15) is 0 Å². The van der Waals surface area contributed by atoms with Crippen LogP contribution in [0.4, 0.5) is 0 Å². The van der Waals surface area contributed by atoms with Gasteiger partial charge in [0.15, 0.2) is 0 Å². The summed E-state index contributed by atoms with van der Waals surface area (Å²) >= 11 is 5.97. The number of hydrogen-bond acceptors (Lipinski definition) is 2. The van der Waals surface area contributed by atoms with Crippen LogP contribution in [0, 0.1) is 0 Å². The first-order valence-electron chi connectivity index (χ1n) is 5.24. The molecule has 0 saturated heterocycles. The van der Waals surface area contributed by atoms with Crippen LogP contribution in [-0.4, -0.2) is 23.8 Å². The van der Waals surface area contributed by atoms with Gasteiger partial charge in [-0.1, -0.05) is 23.7 Å². The topological polar surface area (TPSA) is 40.7 Å². The largest absolute Gasteiger partial charge is 0.319 e. The second-order valence-corrected chi connectivity index (χ2v) is 4.07. The van der Waals surface area contributed by atoms with Crippen LogP contribution in [0.25, 0.3) is 11.3 Å². The van der Waals surface area contributed by atoms with E-state index in [0.29, 0.717) is 0 Å². The molecule has 1 heterocycles. The molecule has 2 rings (SSSR count). The molecule has 3 nitrogen and oxygen atoms in total. The van der Waals surface area contributed by atoms with Crippen molar-refractivity contribution in [3.63, 3.8) is 0 Å². The summed E-state index contributed by atoms with van der Waals surface area (Å²) in [5.41, 5.74) is 3.34. The predicted octanol–water partition coefficient (Wildman–Crippen LogP) is 2.49. The first-order chi connectivity index (χ1) is 7.81. The molecule has 16 heavy (non-hydrogen) atoms. The molecular formula is C12H14ClN3. The predicted molar refractivity (Wildman–Crippen MR) is 66.7 cm³/mol. The smallest absolute Gasteiger partial charge is 0.0683 e. The second kappa shape index (κ2) is 5.14. The lowest BCUT2D eigenvalue weighted by Crippen LogP contribution is -2.10. The van der Waals surface area contributed by atoms with Gasteiger partial charge in [0.25, 0.3) is 0 Å². The van der Waals surface area contributed by atoms with Crippen molar-refractivity contribution in [2.75, 3.05) is 13.6 Å². The SMILES string of the molecule is CNCCc1cn[nH]c1-c1cccc(Cl)c1. The van der Waals surface area contributed by atoms with Crippen LogP contribution in [0.2, 0.25) is 5.02 Å². The second-order valence-electron chi connectivity index (χ2n) is 3.63. The van der Waals surface area contributed by atoms with Crippen LogP contribution >= 0.6 is 11.6 Å². The normalized spacial score (nSPS) is 10.6. The Kier molecular flexibility index (Phi) is 3.59. The van der Waals surface area contributed by atoms with E-state index in [0.717, 1.165) is 29.2 Å². The lowest BCUT2D eigenvalue weighted by Gasteiger charge is -2.03. The van der Waals surface area contributed by atoms with Gasteiger partial charge in [-0.15, -0.1) is 0 Å². The fourth-order valence-corrected chi connectivity index (χ4v) is 1.84. The number of nitrogens with one attached hydrogen (secondary N) is 2. The fourth-order valence-electron chi connectivity index (χ4n) is 1.65. The molecule has 0 saturated carbocycles. The molecule has 0 amide bonds. The van der Waals surface area contributed by atoms with E-state index < -0.39 is 0 Å². The molecule has 0 aliphatic heterocycles. The first kappa shape index (κ1) is 11.2. The third-order valence-electron chi connectivity index (χ3n) is 2.48. The number of halogens is 1. The average Bonchev–Trinajstić information content (AvgIpc) is 2.74. The molecule has 0 fully saturated rings. The van der Waals surface area contributed by atoms with Gasteiger partial charge < -0.3 is 5.32 Å². The molecule has 0 atom stereocenters. The summed E-state index contributed by atoms with van der Waals surface area (Å²) in [4.78, 5) is 0. The first-order valence-corrected chi connectivity index (χ1v) is 5.62. The van der Waals surface area contributed by atoms with Crippen LogP contribution < -0.4 is 5.32 Å². The highest BCUT2D eigenvalue weighted by atomic mass is 35.5. The Morgan fingerprint density at radius 3 is 3.06 bits per heavy atom. The molecule has 0 aliphatic carbocycles. The minimum Gasteiger partial charge on any atom is -0.319 e. The maximum atomic E-state index is 5.97. The van der Waals surface area contributed by atoms with E-state index in [1.165, 1.54) is 5.56 Å². The quantitative estimate of drug-likeness (QED) is 0.855. The third-order valence-corrected chi connectivity index (χ3v) is 2.71. The zero-order chi connectivity index (χ0) is 11.4. The Labute approximate surface area is 99.8 Å². The number of hydrogen-bond donors (Lipinski definition) is 2. The Balaban J connectivity index is 2.29. The molecule has 0 radical (unpaired) electrons. The van der Waals surface area contributed by atoms with Crippen molar-refractivity contribution in [3.8, 4) is 11.3 Å². The molecule has 2 N–H and O–H groups in total. The summed E-state index contributed by atoms with van der Waals surface area (Å²) < 4.78 is 0. The van der Waals surface area contributed by atoms with E-state index in [-0.39, 0.29) is 0 Å². The van der Waals surface area contributed by atoms with E-state index in [2.05, 4.69) is 15.5 Å². The maximum Gasteiger partial charge on any atom is 0.0683 e. The summed E-state index contributed by atoms with van der Waals surface area (Å²) in [6.45, 7) is 0.938. The van der Waals surface area contributed by atoms with Crippen LogP contribution in [-0.2, 0) is 6.42 Å². The summed E-state index contributed by atoms with van der Waals surface area (Å²) in [6, 6.07) is 7.79. The van der Waals surface area contributed by atoms with Crippen molar-refractivity contribution in [2.24, 2.45) is 0 Å². The van der Waals surface area contributed by atoms with E-state index in [1.54, 1.807) is 0 Å². The summed E-state index contributed by atoms with van der Waals surface area (Å²) in [5, 5.41) is 11.0. The molecule has 0 aliphatic rings. The molecule has 0 spiro atoms. The van der Waals surface area contributed by atoms with Gasteiger partial charge in [0.2, 0.25) is 0 Å². The Hall–Kier alpha value is -1.32. The number of aromatic nitrogens is 2. The van der Waals surface area contributed by atoms with Crippen LogP contribution in [0.5, 0.6) is 0 Å². The van der Waals surface area contributed by atoms with Crippen LogP contribution in [0.15, 0.2) is 30.5 Å². The molecule has 1 aromatic carbocycles. The van der Waals surface area contributed by atoms with Gasteiger partial charge in [0, 0.05) is 10.6 Å². The molecule has 1 aromatic heterocycles. The zero-order valence-corrected chi connectivity index (χ0v) is 9.88. The molecule has 0 bridgehead atoms. The van der Waals surface area contributed by atoms with Crippen molar-refractivity contribution >= 4 is 11.6 Å². The lowest BCUT2D eigenvalue weighted by molar-refractivity contribution is 0.793. The number of nitrogens with zero attached hydrogens (tertiary/aromatic N) is 1. The van der Waals surface area contributed by atoms with Gasteiger partial charge in [-0.05, 0) is 37.7 Å². The molecule has 4 heteroatoms. The van der Waals surface area contributed by atoms with Crippen molar-refractivity contribution in [1.82, 2.24) is 15.5 Å². The minimum atomic E-state index is 0.742. The minimum absolute atomic E-state index is 0.742. The van der Waals surface area contributed by atoms with Crippen LogP contribution in [0.3, 0.4) is 0 Å². The Morgan fingerprint density at radius 1 is 1.44 bits per heavy atom. The Bertz CT molecular complexity index is 465. The van der Waals surface area contributed by atoms with Gasteiger partial charge in [-0.3, -0.25) is 5.10 Å². The van der Waals surface area contributed by atoms with Gasteiger partial charge >= 0.3 is 0 Å². The van der Waals surface area contributed by atoms with Gasteiger partial charge in [0.05, 0.1) is 11.9 Å². The molecule has 84 valence electrons. The highest BCUT2D eigenvalue weighted by Crippen LogP contribution is 2.23. The number of rotatable bonds is 4. The summed E-state index contributed by atoms with van der Waals surface area (Å²) in [7, 11) is 1.94. The number of aromatic amines is 1. The molecular weight excluding hydrogens is 222 g/mol.